The van der Waals surface area contributed by atoms with Crippen LogP contribution in [0.1, 0.15) is 23.2 Å². The number of carboxylic acid groups (broad SMARTS) is 1. The van der Waals surface area contributed by atoms with Crippen molar-refractivity contribution in [2.75, 3.05) is 18.5 Å². The lowest BCUT2D eigenvalue weighted by Crippen LogP contribution is -2.30. The van der Waals surface area contributed by atoms with Gasteiger partial charge in [-0.15, -0.1) is 0 Å². The van der Waals surface area contributed by atoms with E-state index in [1.807, 2.05) is 0 Å². The van der Waals surface area contributed by atoms with Crippen molar-refractivity contribution in [2.45, 2.75) is 12.8 Å². The summed E-state index contributed by atoms with van der Waals surface area (Å²) in [5.41, 5.74) is 0.605. The summed E-state index contributed by atoms with van der Waals surface area (Å²) in [6.07, 6.45) is 1.66. The standard InChI is InChI=1S/C13H14BrNO4/c14-10-4-3-8(13(17)18)6-11(10)15-12(16)9-2-1-5-19-7-9/h3-4,6,9H,1-2,5,7H2,(H,15,16)(H,17,18). The van der Waals surface area contributed by atoms with E-state index in [4.69, 9.17) is 9.84 Å². The summed E-state index contributed by atoms with van der Waals surface area (Å²) in [6.45, 7) is 1.12. The minimum Gasteiger partial charge on any atom is -0.478 e. The van der Waals surface area contributed by atoms with Crippen molar-refractivity contribution < 1.29 is 19.4 Å². The quantitative estimate of drug-likeness (QED) is 0.894. The molecule has 1 aliphatic rings. The molecule has 19 heavy (non-hydrogen) atoms. The Labute approximate surface area is 119 Å². The van der Waals surface area contributed by atoms with Crippen LogP contribution in [0, 0.1) is 5.92 Å². The molecule has 0 aliphatic carbocycles. The van der Waals surface area contributed by atoms with E-state index in [1.165, 1.54) is 12.1 Å². The van der Waals surface area contributed by atoms with Gasteiger partial charge in [0.25, 0.3) is 0 Å². The Morgan fingerprint density at radius 3 is 2.84 bits per heavy atom. The third-order valence-corrected chi connectivity index (χ3v) is 3.69. The highest BCUT2D eigenvalue weighted by Crippen LogP contribution is 2.25. The summed E-state index contributed by atoms with van der Waals surface area (Å²) in [5, 5.41) is 11.7. The van der Waals surface area contributed by atoms with E-state index in [2.05, 4.69) is 21.2 Å². The summed E-state index contributed by atoms with van der Waals surface area (Å²) in [4.78, 5) is 22.9. The zero-order valence-electron chi connectivity index (χ0n) is 10.2. The van der Waals surface area contributed by atoms with E-state index in [1.54, 1.807) is 6.07 Å². The molecular formula is C13H14BrNO4. The van der Waals surface area contributed by atoms with E-state index in [0.717, 1.165) is 12.8 Å². The molecule has 1 heterocycles. The Kier molecular flexibility index (Phi) is 4.55. The van der Waals surface area contributed by atoms with Gasteiger partial charge in [-0.3, -0.25) is 4.79 Å². The molecule has 0 saturated carbocycles. The van der Waals surface area contributed by atoms with Gasteiger partial charge < -0.3 is 15.2 Å². The van der Waals surface area contributed by atoms with Gasteiger partial charge >= 0.3 is 5.97 Å². The lowest BCUT2D eigenvalue weighted by Gasteiger charge is -2.21. The van der Waals surface area contributed by atoms with Gasteiger partial charge in [-0.1, -0.05) is 0 Å². The van der Waals surface area contributed by atoms with Gasteiger partial charge in [0.15, 0.2) is 0 Å². The molecule has 0 aromatic heterocycles. The van der Waals surface area contributed by atoms with E-state index in [9.17, 15) is 9.59 Å². The van der Waals surface area contributed by atoms with Crippen LogP contribution in [0.3, 0.4) is 0 Å². The van der Waals surface area contributed by atoms with E-state index in [-0.39, 0.29) is 17.4 Å². The molecule has 1 atom stereocenters. The molecule has 2 rings (SSSR count). The van der Waals surface area contributed by atoms with Crippen molar-refractivity contribution in [3.05, 3.63) is 28.2 Å². The van der Waals surface area contributed by atoms with Crippen LogP contribution < -0.4 is 5.32 Å². The molecule has 1 aliphatic heterocycles. The highest BCUT2D eigenvalue weighted by atomic mass is 79.9. The number of amides is 1. The van der Waals surface area contributed by atoms with Gasteiger partial charge in [-0.2, -0.15) is 0 Å². The number of anilines is 1. The molecular weight excluding hydrogens is 314 g/mol. The Morgan fingerprint density at radius 2 is 2.21 bits per heavy atom. The zero-order valence-corrected chi connectivity index (χ0v) is 11.8. The largest absolute Gasteiger partial charge is 0.478 e. The van der Waals surface area contributed by atoms with Crippen molar-refractivity contribution in [1.29, 1.82) is 0 Å². The minimum absolute atomic E-state index is 0.136. The van der Waals surface area contributed by atoms with Crippen LogP contribution >= 0.6 is 15.9 Å². The van der Waals surface area contributed by atoms with Crippen molar-refractivity contribution in [3.63, 3.8) is 0 Å². The molecule has 0 spiro atoms. The molecule has 0 bridgehead atoms. The molecule has 2 N–H and O–H groups in total. The normalized spacial score (nSPS) is 18.9. The first kappa shape index (κ1) is 14.0. The van der Waals surface area contributed by atoms with E-state index < -0.39 is 5.97 Å². The first-order valence-electron chi connectivity index (χ1n) is 5.99. The maximum absolute atomic E-state index is 12.0. The molecule has 1 saturated heterocycles. The predicted molar refractivity (Wildman–Crippen MR) is 73.3 cm³/mol. The maximum atomic E-state index is 12.0. The number of carbonyl (C=O) groups is 2. The second kappa shape index (κ2) is 6.16. The predicted octanol–water partition coefficient (Wildman–Crippen LogP) is 2.51. The van der Waals surface area contributed by atoms with Crippen LogP contribution in [0.25, 0.3) is 0 Å². The van der Waals surface area contributed by atoms with Gasteiger partial charge in [0, 0.05) is 11.1 Å². The number of halogens is 1. The first-order chi connectivity index (χ1) is 9.08. The van der Waals surface area contributed by atoms with E-state index >= 15 is 0 Å². The molecule has 102 valence electrons. The van der Waals surface area contributed by atoms with Crippen molar-refractivity contribution in [1.82, 2.24) is 0 Å². The Morgan fingerprint density at radius 1 is 1.42 bits per heavy atom. The SMILES string of the molecule is O=C(O)c1ccc(Br)c(NC(=O)C2CCCOC2)c1. The van der Waals surface area contributed by atoms with Gasteiger partial charge in [0.1, 0.15) is 0 Å². The summed E-state index contributed by atoms with van der Waals surface area (Å²) >= 11 is 3.29. The molecule has 0 radical (unpaired) electrons. The number of ether oxygens (including phenoxy) is 1. The van der Waals surface area contributed by atoms with Gasteiger partial charge in [0.05, 0.1) is 23.8 Å². The molecule has 5 nitrogen and oxygen atoms in total. The summed E-state index contributed by atoms with van der Waals surface area (Å²) in [6, 6.07) is 4.52. The third kappa shape index (κ3) is 3.54. The fourth-order valence-corrected chi connectivity index (χ4v) is 2.28. The average molecular weight is 328 g/mol. The van der Waals surface area contributed by atoms with Crippen molar-refractivity contribution in [2.24, 2.45) is 5.92 Å². The van der Waals surface area contributed by atoms with Crippen LogP contribution in [0.2, 0.25) is 0 Å². The molecule has 1 amide bonds. The Balaban J connectivity index is 2.11. The van der Waals surface area contributed by atoms with Crippen LogP contribution in [0.5, 0.6) is 0 Å². The lowest BCUT2D eigenvalue weighted by molar-refractivity contribution is -0.123. The van der Waals surface area contributed by atoms with Crippen molar-refractivity contribution >= 4 is 33.5 Å². The van der Waals surface area contributed by atoms with Gasteiger partial charge in [0.2, 0.25) is 5.91 Å². The molecule has 6 heteroatoms. The van der Waals surface area contributed by atoms with Crippen LogP contribution in [0.15, 0.2) is 22.7 Å². The number of aromatic carboxylic acids is 1. The number of carbonyl (C=O) groups excluding carboxylic acids is 1. The van der Waals surface area contributed by atoms with Gasteiger partial charge in [-0.05, 0) is 47.0 Å². The van der Waals surface area contributed by atoms with Crippen LogP contribution in [-0.4, -0.2) is 30.2 Å². The molecule has 1 unspecified atom stereocenters. The molecule has 1 aromatic carbocycles. The second-order valence-corrected chi connectivity index (χ2v) is 5.26. The molecule has 1 aromatic rings. The first-order valence-corrected chi connectivity index (χ1v) is 6.78. The van der Waals surface area contributed by atoms with Crippen molar-refractivity contribution in [3.8, 4) is 0 Å². The number of carboxylic acids is 1. The summed E-state index contributed by atoms with van der Waals surface area (Å²) < 4.78 is 5.92. The monoisotopic (exact) mass is 327 g/mol. The average Bonchev–Trinajstić information content (AvgIpc) is 2.42. The number of hydrogen-bond donors (Lipinski definition) is 2. The topological polar surface area (TPSA) is 75.6 Å². The smallest absolute Gasteiger partial charge is 0.335 e. The fraction of sp³-hybridized carbons (Fsp3) is 0.385. The highest BCUT2D eigenvalue weighted by molar-refractivity contribution is 9.10. The number of benzene rings is 1. The summed E-state index contributed by atoms with van der Waals surface area (Å²) in [5.74, 6) is -1.33. The minimum atomic E-state index is -1.02. The summed E-state index contributed by atoms with van der Waals surface area (Å²) in [7, 11) is 0. The third-order valence-electron chi connectivity index (χ3n) is 3.00. The Hall–Kier alpha value is -1.40. The number of hydrogen-bond acceptors (Lipinski definition) is 3. The number of rotatable bonds is 3. The second-order valence-electron chi connectivity index (χ2n) is 4.40. The highest BCUT2D eigenvalue weighted by Gasteiger charge is 2.22. The maximum Gasteiger partial charge on any atom is 0.335 e. The zero-order chi connectivity index (χ0) is 13.8. The van der Waals surface area contributed by atoms with E-state index in [0.29, 0.717) is 23.4 Å². The molecule has 1 fully saturated rings. The van der Waals surface area contributed by atoms with Gasteiger partial charge in [-0.25, -0.2) is 4.79 Å². The fourth-order valence-electron chi connectivity index (χ4n) is 1.94. The number of nitrogens with one attached hydrogen (secondary N) is 1. The lowest BCUT2D eigenvalue weighted by atomic mass is 10.0. The Bertz CT molecular complexity index is 497. The van der Waals surface area contributed by atoms with Crippen LogP contribution in [-0.2, 0) is 9.53 Å². The van der Waals surface area contributed by atoms with Crippen LogP contribution in [0.4, 0.5) is 5.69 Å².